The summed E-state index contributed by atoms with van der Waals surface area (Å²) in [6.07, 6.45) is -2.57. The number of cyclic esters (lactones) is 1. The Labute approximate surface area is 235 Å². The van der Waals surface area contributed by atoms with Crippen LogP contribution in [0.5, 0.6) is 0 Å². The van der Waals surface area contributed by atoms with Crippen LogP contribution in [-0.4, -0.2) is 67.8 Å². The van der Waals surface area contributed by atoms with Gasteiger partial charge in [-0.15, -0.1) is 0 Å². The summed E-state index contributed by atoms with van der Waals surface area (Å²) in [5.41, 5.74) is 0.759. The molecule has 10 nitrogen and oxygen atoms in total. The first-order chi connectivity index (χ1) is 19.9. The van der Waals surface area contributed by atoms with Crippen molar-refractivity contribution in [3.63, 3.8) is 0 Å². The van der Waals surface area contributed by atoms with E-state index in [9.17, 15) is 19.2 Å². The van der Waals surface area contributed by atoms with E-state index >= 15 is 0 Å². The van der Waals surface area contributed by atoms with Crippen molar-refractivity contribution >= 4 is 23.9 Å². The quantitative estimate of drug-likeness (QED) is 0.285. The average molecular weight is 559 g/mol. The Morgan fingerprint density at radius 3 is 1.68 bits per heavy atom. The summed E-state index contributed by atoms with van der Waals surface area (Å²) in [7, 11) is 1.29. The molecule has 2 aliphatic heterocycles. The SMILES string of the molecule is CO[C@]1([C@H]2O[C@H](COC(=O)c3ccccc3)[C@@H](OC(=O)c3ccccc3)[C@H]2OC(=O)c2ccccc2)C=CC(=O)O1. The van der Waals surface area contributed by atoms with E-state index < -0.39 is 54.1 Å². The smallest absolute Gasteiger partial charge is 0.338 e. The van der Waals surface area contributed by atoms with Gasteiger partial charge in [-0.1, -0.05) is 54.6 Å². The largest absolute Gasteiger partial charge is 0.459 e. The zero-order valence-electron chi connectivity index (χ0n) is 21.9. The fourth-order valence-corrected chi connectivity index (χ4v) is 4.59. The second-order valence-electron chi connectivity index (χ2n) is 9.21. The highest BCUT2D eigenvalue weighted by atomic mass is 16.7. The lowest BCUT2D eigenvalue weighted by Gasteiger charge is -2.33. The molecule has 1 fully saturated rings. The molecular formula is C31H26O10. The van der Waals surface area contributed by atoms with Crippen molar-refractivity contribution in [2.45, 2.75) is 30.2 Å². The van der Waals surface area contributed by atoms with E-state index in [0.29, 0.717) is 5.56 Å². The molecule has 2 aliphatic rings. The number of hydrogen-bond donors (Lipinski definition) is 0. The van der Waals surface area contributed by atoms with Crippen molar-refractivity contribution in [3.05, 3.63) is 120 Å². The maximum Gasteiger partial charge on any atom is 0.338 e. The molecule has 5 atom stereocenters. The molecule has 0 N–H and O–H groups in total. The molecule has 5 rings (SSSR count). The Kier molecular flexibility index (Phi) is 8.23. The molecule has 41 heavy (non-hydrogen) atoms. The third-order valence-electron chi connectivity index (χ3n) is 6.63. The molecule has 0 aliphatic carbocycles. The van der Waals surface area contributed by atoms with Crippen LogP contribution >= 0.6 is 0 Å². The zero-order valence-corrected chi connectivity index (χ0v) is 21.9. The lowest BCUT2D eigenvalue weighted by molar-refractivity contribution is -0.242. The van der Waals surface area contributed by atoms with Gasteiger partial charge in [-0.3, -0.25) is 0 Å². The maximum atomic E-state index is 13.2. The zero-order chi connectivity index (χ0) is 28.8. The minimum Gasteiger partial charge on any atom is -0.459 e. The fraction of sp³-hybridized carbons (Fsp3) is 0.226. The third kappa shape index (κ3) is 6.03. The Morgan fingerprint density at radius 2 is 1.22 bits per heavy atom. The summed E-state index contributed by atoms with van der Waals surface area (Å²) in [5, 5.41) is 0. The summed E-state index contributed by atoms with van der Waals surface area (Å²) in [6.45, 7) is -0.381. The van der Waals surface area contributed by atoms with Crippen molar-refractivity contribution in [3.8, 4) is 0 Å². The van der Waals surface area contributed by atoms with E-state index in [1.165, 1.54) is 13.2 Å². The molecule has 3 aromatic rings. The number of hydrogen-bond acceptors (Lipinski definition) is 10. The van der Waals surface area contributed by atoms with Gasteiger partial charge in [0.15, 0.2) is 18.3 Å². The first kappa shape index (κ1) is 27.8. The molecule has 210 valence electrons. The Hall–Kier alpha value is -4.80. The summed E-state index contributed by atoms with van der Waals surface area (Å²) >= 11 is 0. The molecular weight excluding hydrogens is 532 g/mol. The predicted octanol–water partition coefficient (Wildman–Crippen LogP) is 3.52. The summed E-state index contributed by atoms with van der Waals surface area (Å²) in [4.78, 5) is 51.2. The lowest BCUT2D eigenvalue weighted by atomic mass is 10.00. The molecule has 1 saturated heterocycles. The number of benzene rings is 3. The highest BCUT2D eigenvalue weighted by molar-refractivity contribution is 5.91. The highest BCUT2D eigenvalue weighted by Gasteiger charge is 2.61. The molecule has 0 amide bonds. The van der Waals surface area contributed by atoms with Crippen LogP contribution in [0.4, 0.5) is 0 Å². The molecule has 3 aromatic carbocycles. The Balaban J connectivity index is 1.48. The van der Waals surface area contributed by atoms with Crippen molar-refractivity contribution in [2.24, 2.45) is 0 Å². The van der Waals surface area contributed by atoms with Crippen LogP contribution in [0.15, 0.2) is 103 Å². The van der Waals surface area contributed by atoms with Crippen LogP contribution in [0.1, 0.15) is 31.1 Å². The molecule has 0 spiro atoms. The van der Waals surface area contributed by atoms with E-state index in [1.807, 2.05) is 0 Å². The van der Waals surface area contributed by atoms with E-state index in [-0.39, 0.29) is 17.7 Å². The van der Waals surface area contributed by atoms with Crippen molar-refractivity contribution < 1.29 is 47.6 Å². The van der Waals surface area contributed by atoms with Crippen molar-refractivity contribution in [1.29, 1.82) is 0 Å². The monoisotopic (exact) mass is 558 g/mol. The minimum absolute atomic E-state index is 0.226. The van der Waals surface area contributed by atoms with E-state index in [1.54, 1.807) is 91.0 Å². The van der Waals surface area contributed by atoms with E-state index in [4.69, 9.17) is 28.4 Å². The van der Waals surface area contributed by atoms with Gasteiger partial charge in [-0.25, -0.2) is 19.2 Å². The number of methoxy groups -OCH3 is 1. The number of ether oxygens (including phenoxy) is 6. The number of carbonyl (C=O) groups is 4. The van der Waals surface area contributed by atoms with Crippen LogP contribution in [0.2, 0.25) is 0 Å². The van der Waals surface area contributed by atoms with E-state index in [0.717, 1.165) is 6.08 Å². The molecule has 2 heterocycles. The number of esters is 4. The Morgan fingerprint density at radius 1 is 0.732 bits per heavy atom. The Bertz CT molecular complexity index is 1420. The molecule has 0 saturated carbocycles. The summed E-state index contributed by atoms with van der Waals surface area (Å²) in [5.74, 6) is -4.64. The topological polar surface area (TPSA) is 124 Å². The third-order valence-corrected chi connectivity index (χ3v) is 6.63. The van der Waals surface area contributed by atoms with Gasteiger partial charge in [-0.2, -0.15) is 0 Å². The van der Waals surface area contributed by atoms with Crippen LogP contribution in [0, 0.1) is 0 Å². The normalized spacial score (nSPS) is 24.9. The van der Waals surface area contributed by atoms with Gasteiger partial charge in [0.2, 0.25) is 0 Å². The van der Waals surface area contributed by atoms with Crippen LogP contribution in [-0.2, 0) is 33.2 Å². The maximum absolute atomic E-state index is 13.2. The van der Waals surface area contributed by atoms with Crippen LogP contribution in [0.3, 0.4) is 0 Å². The summed E-state index contributed by atoms with van der Waals surface area (Å²) in [6, 6.07) is 24.7. The number of carbonyl (C=O) groups excluding carboxylic acids is 4. The van der Waals surface area contributed by atoms with Crippen molar-refractivity contribution in [1.82, 2.24) is 0 Å². The van der Waals surface area contributed by atoms with Gasteiger partial charge in [0.25, 0.3) is 5.79 Å². The lowest BCUT2D eigenvalue weighted by Crippen LogP contribution is -2.52. The predicted molar refractivity (Wildman–Crippen MR) is 142 cm³/mol. The van der Waals surface area contributed by atoms with Crippen LogP contribution in [0.25, 0.3) is 0 Å². The molecule has 0 bridgehead atoms. The first-order valence-corrected chi connectivity index (χ1v) is 12.8. The molecule has 0 unspecified atom stereocenters. The number of rotatable bonds is 9. The first-order valence-electron chi connectivity index (χ1n) is 12.8. The van der Waals surface area contributed by atoms with Gasteiger partial charge >= 0.3 is 23.9 Å². The second-order valence-corrected chi connectivity index (χ2v) is 9.21. The highest BCUT2D eigenvalue weighted by Crippen LogP contribution is 2.39. The average Bonchev–Trinajstić information content (AvgIpc) is 3.57. The molecule has 0 aromatic heterocycles. The van der Waals surface area contributed by atoms with E-state index in [2.05, 4.69) is 0 Å². The molecule has 0 radical (unpaired) electrons. The molecule has 10 heteroatoms. The fourth-order valence-electron chi connectivity index (χ4n) is 4.59. The van der Waals surface area contributed by atoms with Gasteiger partial charge < -0.3 is 28.4 Å². The minimum atomic E-state index is -1.81. The second kappa shape index (κ2) is 12.2. The van der Waals surface area contributed by atoms with Gasteiger partial charge in [0.05, 0.1) is 16.7 Å². The standard InChI is InChI=1S/C31H26O10/c1-36-31(18-17-24(32)41-31)27-26(40-30(35)22-15-9-4-10-16-22)25(39-29(34)21-13-7-3-8-14-21)23(38-27)19-37-28(33)20-11-5-2-6-12-20/h2-18,23,25-27H,19H2,1H3/t23-,25-,26-,27+,31-/m1/s1. The van der Waals surface area contributed by atoms with Gasteiger partial charge in [0.1, 0.15) is 12.7 Å². The van der Waals surface area contributed by atoms with Gasteiger partial charge in [0, 0.05) is 13.2 Å². The van der Waals surface area contributed by atoms with Crippen molar-refractivity contribution in [2.75, 3.05) is 13.7 Å². The van der Waals surface area contributed by atoms with Gasteiger partial charge in [-0.05, 0) is 42.5 Å². The summed E-state index contributed by atoms with van der Waals surface area (Å²) < 4.78 is 34.4. The van der Waals surface area contributed by atoms with Crippen LogP contribution < -0.4 is 0 Å².